The van der Waals surface area contributed by atoms with E-state index >= 15 is 0 Å². The Morgan fingerprint density at radius 3 is 2.63 bits per heavy atom. The molecule has 1 heterocycles. The number of esters is 1. The number of sulfone groups is 1. The minimum atomic E-state index is -3.68. The molecule has 1 aromatic rings. The molecule has 0 radical (unpaired) electrons. The van der Waals surface area contributed by atoms with Gasteiger partial charge in [0.15, 0.2) is 14.6 Å². The zero-order chi connectivity index (χ0) is 13.5. The second-order valence-electron chi connectivity index (χ2n) is 5.29. The molecule has 1 aliphatic heterocycles. The number of rotatable bonds is 2. The number of fused-ring (bicyclic) bond motifs is 2. The lowest BCUT2D eigenvalue weighted by Gasteiger charge is -2.24. The Morgan fingerprint density at radius 1 is 1.16 bits per heavy atom. The first-order valence-corrected chi connectivity index (χ1v) is 8.05. The third-order valence-electron chi connectivity index (χ3n) is 4.13. The SMILES string of the molecule is O=C1O[C@H]2CCCC[C@]1(S(=O)(=O)c1ccccc1)C2. The molecule has 0 amide bonds. The van der Waals surface area contributed by atoms with Gasteiger partial charge in [-0.05, 0) is 31.4 Å². The van der Waals surface area contributed by atoms with Gasteiger partial charge in [-0.2, -0.15) is 0 Å². The molecule has 3 rings (SSSR count). The number of ether oxygens (including phenoxy) is 1. The summed E-state index contributed by atoms with van der Waals surface area (Å²) in [6, 6.07) is 8.22. The van der Waals surface area contributed by atoms with Crippen LogP contribution in [-0.2, 0) is 19.4 Å². The van der Waals surface area contributed by atoms with E-state index in [2.05, 4.69) is 0 Å². The van der Waals surface area contributed by atoms with Crippen LogP contribution < -0.4 is 0 Å². The number of benzene rings is 1. The van der Waals surface area contributed by atoms with Crippen LogP contribution in [0.25, 0.3) is 0 Å². The third-order valence-corrected chi connectivity index (χ3v) is 6.59. The van der Waals surface area contributed by atoms with E-state index in [0.29, 0.717) is 12.8 Å². The van der Waals surface area contributed by atoms with Gasteiger partial charge in [0, 0.05) is 6.42 Å². The molecule has 2 atom stereocenters. The van der Waals surface area contributed by atoms with Crippen molar-refractivity contribution in [3.8, 4) is 0 Å². The van der Waals surface area contributed by atoms with Crippen molar-refractivity contribution in [1.82, 2.24) is 0 Å². The summed E-state index contributed by atoms with van der Waals surface area (Å²) in [4.78, 5) is 12.4. The minimum Gasteiger partial charge on any atom is -0.461 e. The van der Waals surface area contributed by atoms with Gasteiger partial charge >= 0.3 is 5.97 Å². The highest BCUT2D eigenvalue weighted by molar-refractivity contribution is 7.93. The van der Waals surface area contributed by atoms with Gasteiger partial charge in [0.1, 0.15) is 6.10 Å². The quantitative estimate of drug-likeness (QED) is 0.778. The fourth-order valence-electron chi connectivity index (χ4n) is 3.08. The van der Waals surface area contributed by atoms with E-state index in [1.807, 2.05) is 0 Å². The van der Waals surface area contributed by atoms with E-state index < -0.39 is 20.6 Å². The van der Waals surface area contributed by atoms with Crippen LogP contribution in [0.5, 0.6) is 0 Å². The molecular formula is C14H16O4S. The lowest BCUT2D eigenvalue weighted by atomic mass is 10.0. The van der Waals surface area contributed by atoms with Crippen molar-refractivity contribution in [2.75, 3.05) is 0 Å². The average Bonchev–Trinajstić information content (AvgIpc) is 2.60. The van der Waals surface area contributed by atoms with Crippen LogP contribution >= 0.6 is 0 Å². The molecule has 2 fully saturated rings. The number of carbonyl (C=O) groups is 1. The van der Waals surface area contributed by atoms with Crippen LogP contribution in [-0.4, -0.2) is 25.2 Å². The summed E-state index contributed by atoms with van der Waals surface area (Å²) in [5.41, 5.74) is 0. The Labute approximate surface area is 112 Å². The van der Waals surface area contributed by atoms with Crippen molar-refractivity contribution in [2.45, 2.75) is 47.9 Å². The number of hydrogen-bond acceptors (Lipinski definition) is 4. The largest absolute Gasteiger partial charge is 0.461 e. The van der Waals surface area contributed by atoms with Gasteiger partial charge in [0.05, 0.1) is 4.90 Å². The van der Waals surface area contributed by atoms with E-state index in [4.69, 9.17) is 4.74 Å². The van der Waals surface area contributed by atoms with Crippen molar-refractivity contribution in [3.63, 3.8) is 0 Å². The summed E-state index contributed by atoms with van der Waals surface area (Å²) in [6.07, 6.45) is 2.91. The predicted molar refractivity (Wildman–Crippen MR) is 69.3 cm³/mol. The molecule has 0 aromatic heterocycles. The van der Waals surface area contributed by atoms with Crippen LogP contribution in [0.1, 0.15) is 32.1 Å². The fraction of sp³-hybridized carbons (Fsp3) is 0.500. The Balaban J connectivity index is 2.11. The normalized spacial score (nSPS) is 30.7. The van der Waals surface area contributed by atoms with Crippen molar-refractivity contribution in [2.24, 2.45) is 0 Å². The third kappa shape index (κ3) is 1.79. The van der Waals surface area contributed by atoms with Crippen molar-refractivity contribution >= 4 is 15.8 Å². The van der Waals surface area contributed by atoms with Gasteiger partial charge < -0.3 is 4.74 Å². The Hall–Kier alpha value is -1.36. The molecule has 19 heavy (non-hydrogen) atoms. The zero-order valence-electron chi connectivity index (χ0n) is 10.5. The van der Waals surface area contributed by atoms with E-state index in [0.717, 1.165) is 19.3 Å². The monoisotopic (exact) mass is 280 g/mol. The van der Waals surface area contributed by atoms with Crippen LogP contribution in [0.3, 0.4) is 0 Å². The highest BCUT2D eigenvalue weighted by Gasteiger charge is 2.59. The molecule has 102 valence electrons. The van der Waals surface area contributed by atoms with Gasteiger partial charge in [-0.15, -0.1) is 0 Å². The van der Waals surface area contributed by atoms with E-state index in [1.54, 1.807) is 30.3 Å². The first-order valence-electron chi connectivity index (χ1n) is 6.57. The molecule has 1 aliphatic carbocycles. The maximum Gasteiger partial charge on any atom is 0.328 e. The van der Waals surface area contributed by atoms with E-state index in [1.165, 1.54) is 0 Å². The number of carbonyl (C=O) groups excluding carboxylic acids is 1. The van der Waals surface area contributed by atoms with Crippen molar-refractivity contribution < 1.29 is 17.9 Å². The van der Waals surface area contributed by atoms with Gasteiger partial charge in [-0.1, -0.05) is 24.6 Å². The smallest absolute Gasteiger partial charge is 0.328 e. The molecule has 2 bridgehead atoms. The van der Waals surface area contributed by atoms with E-state index in [-0.39, 0.29) is 11.0 Å². The summed E-state index contributed by atoms with van der Waals surface area (Å²) in [5.74, 6) is -0.555. The standard InChI is InChI=1S/C14H16O4S/c15-13-14(9-5-4-6-11(10-14)18-13)19(16,17)12-7-2-1-3-8-12/h1-3,7-8,11H,4-6,9-10H2/t11-,14-/m0/s1. The van der Waals surface area contributed by atoms with Crippen molar-refractivity contribution in [1.29, 1.82) is 0 Å². The highest BCUT2D eigenvalue weighted by Crippen LogP contribution is 2.44. The molecule has 2 aliphatic rings. The molecule has 1 aromatic carbocycles. The van der Waals surface area contributed by atoms with Gasteiger partial charge in [-0.3, -0.25) is 4.79 Å². The van der Waals surface area contributed by atoms with Crippen molar-refractivity contribution in [3.05, 3.63) is 30.3 Å². The molecule has 0 N–H and O–H groups in total. The Bertz CT molecular complexity index is 593. The molecule has 0 spiro atoms. The fourth-order valence-corrected chi connectivity index (χ4v) is 5.13. The minimum absolute atomic E-state index is 0.217. The van der Waals surface area contributed by atoms with Crippen LogP contribution in [0.2, 0.25) is 0 Å². The topological polar surface area (TPSA) is 60.4 Å². The predicted octanol–water partition coefficient (Wildman–Crippen LogP) is 2.09. The summed E-state index contributed by atoms with van der Waals surface area (Å²) >= 11 is 0. The maximum atomic E-state index is 12.8. The summed E-state index contributed by atoms with van der Waals surface area (Å²) in [6.45, 7) is 0. The molecule has 4 nitrogen and oxygen atoms in total. The molecule has 0 unspecified atom stereocenters. The van der Waals surface area contributed by atoms with Crippen LogP contribution in [0.4, 0.5) is 0 Å². The molecule has 1 saturated carbocycles. The van der Waals surface area contributed by atoms with Crippen LogP contribution in [0, 0.1) is 0 Å². The lowest BCUT2D eigenvalue weighted by Crippen LogP contribution is -2.43. The summed E-state index contributed by atoms with van der Waals surface area (Å²) < 4.78 is 29.6. The van der Waals surface area contributed by atoms with Gasteiger partial charge in [0.2, 0.25) is 0 Å². The summed E-state index contributed by atoms with van der Waals surface area (Å²) in [5, 5.41) is 0. The maximum absolute atomic E-state index is 12.8. The van der Waals surface area contributed by atoms with Gasteiger partial charge in [0.25, 0.3) is 0 Å². The molecular weight excluding hydrogens is 264 g/mol. The molecule has 5 heteroatoms. The molecule has 1 saturated heterocycles. The first-order chi connectivity index (χ1) is 9.06. The van der Waals surface area contributed by atoms with E-state index in [9.17, 15) is 13.2 Å². The summed E-state index contributed by atoms with van der Waals surface area (Å²) in [7, 11) is -3.68. The second-order valence-corrected chi connectivity index (χ2v) is 7.55. The highest BCUT2D eigenvalue weighted by atomic mass is 32.2. The Morgan fingerprint density at radius 2 is 1.89 bits per heavy atom. The Kier molecular flexibility index (Phi) is 2.89. The zero-order valence-corrected chi connectivity index (χ0v) is 11.4. The first kappa shape index (κ1) is 12.7. The van der Waals surface area contributed by atoms with Crippen LogP contribution in [0.15, 0.2) is 35.2 Å². The second kappa shape index (κ2) is 4.34. The number of hydrogen-bond donors (Lipinski definition) is 0. The lowest BCUT2D eigenvalue weighted by molar-refractivity contribution is -0.144. The average molecular weight is 280 g/mol. The van der Waals surface area contributed by atoms with Gasteiger partial charge in [-0.25, -0.2) is 8.42 Å².